The number of rotatable bonds is 6. The average Bonchev–Trinajstić information content (AvgIpc) is 2.90. The summed E-state index contributed by atoms with van der Waals surface area (Å²) in [6.45, 7) is 2.17. The number of nitrogens with zero attached hydrogens (tertiary/aromatic N) is 1. The van der Waals surface area contributed by atoms with Crippen LogP contribution in [0.25, 0.3) is 0 Å². The summed E-state index contributed by atoms with van der Waals surface area (Å²) in [6.07, 6.45) is 4.94. The molecule has 2 amide bonds. The fourth-order valence-electron chi connectivity index (χ4n) is 5.16. The molecule has 3 aliphatic rings. The van der Waals surface area contributed by atoms with Gasteiger partial charge in [0.25, 0.3) is 11.5 Å². The fourth-order valence-corrected chi connectivity index (χ4v) is 6.20. The Morgan fingerprint density at radius 3 is 2.61 bits per heavy atom. The van der Waals surface area contributed by atoms with Crippen molar-refractivity contribution in [3.63, 3.8) is 0 Å². The molecule has 2 N–H and O–H groups in total. The number of nitrogens with one attached hydrogen (secondary N) is 2. The van der Waals surface area contributed by atoms with E-state index in [4.69, 9.17) is 9.47 Å². The number of aromatic amines is 1. The number of pyridine rings is 1. The molecule has 0 unspecified atom stereocenters. The highest BCUT2D eigenvalue weighted by Gasteiger charge is 2.42. The van der Waals surface area contributed by atoms with Gasteiger partial charge in [0.2, 0.25) is 0 Å². The molecule has 3 heterocycles. The van der Waals surface area contributed by atoms with Gasteiger partial charge in [-0.1, -0.05) is 24.3 Å². The summed E-state index contributed by atoms with van der Waals surface area (Å²) in [5.74, 6) is -0.633. The topological polar surface area (TPSA) is 135 Å². The minimum atomic E-state index is -3.63. The summed E-state index contributed by atoms with van der Waals surface area (Å²) in [7, 11) is -3.63. The van der Waals surface area contributed by atoms with Crippen LogP contribution in [0.3, 0.4) is 0 Å². The molecule has 0 bridgehead atoms. The van der Waals surface area contributed by atoms with Gasteiger partial charge in [-0.2, -0.15) is 0 Å². The number of ether oxygens (including phenoxy) is 2. The Bertz CT molecular complexity index is 1390. The first-order valence-corrected chi connectivity index (χ1v) is 14.3. The van der Waals surface area contributed by atoms with Crippen LogP contribution >= 0.6 is 0 Å². The number of fused-ring (bicyclic) bond motifs is 1. The van der Waals surface area contributed by atoms with E-state index in [2.05, 4.69) is 10.3 Å². The van der Waals surface area contributed by atoms with E-state index in [0.717, 1.165) is 44.3 Å². The van der Waals surface area contributed by atoms with Crippen molar-refractivity contribution in [2.45, 2.75) is 49.6 Å². The third kappa shape index (κ3) is 5.68. The number of aromatic nitrogens is 1. The monoisotopic (exact) mass is 541 g/mol. The number of carbonyl (C=O) groups excluding carboxylic acids is 2. The molecule has 38 heavy (non-hydrogen) atoms. The maximum atomic E-state index is 12.8. The van der Waals surface area contributed by atoms with Gasteiger partial charge in [0.05, 0.1) is 24.7 Å². The molecule has 202 valence electrons. The number of hydrogen-bond acceptors (Lipinski definition) is 7. The lowest BCUT2D eigenvalue weighted by atomic mass is 9.72. The Hall–Kier alpha value is -3.44. The Balaban J connectivity index is 1.17. The van der Waals surface area contributed by atoms with Crippen LogP contribution in [0.1, 0.15) is 47.3 Å². The Morgan fingerprint density at radius 1 is 1.18 bits per heavy atom. The van der Waals surface area contributed by atoms with E-state index in [9.17, 15) is 22.8 Å². The van der Waals surface area contributed by atoms with E-state index in [1.54, 1.807) is 23.1 Å². The van der Waals surface area contributed by atoms with Crippen molar-refractivity contribution < 1.29 is 27.5 Å². The molecule has 2 aromatic rings. The third-order valence-corrected chi connectivity index (χ3v) is 9.00. The van der Waals surface area contributed by atoms with Crippen LogP contribution in [0.5, 0.6) is 0 Å². The van der Waals surface area contributed by atoms with Crippen molar-refractivity contribution in [2.24, 2.45) is 5.41 Å². The third-order valence-electron chi connectivity index (χ3n) is 7.52. The summed E-state index contributed by atoms with van der Waals surface area (Å²) in [5.41, 5.74) is 1.01. The lowest BCUT2D eigenvalue weighted by Gasteiger charge is -2.46. The predicted molar refractivity (Wildman–Crippen MR) is 138 cm³/mol. The number of hydrogen-bond donors (Lipinski definition) is 2. The first-order valence-electron chi connectivity index (χ1n) is 12.8. The zero-order valence-electron chi connectivity index (χ0n) is 21.0. The maximum absolute atomic E-state index is 12.8. The van der Waals surface area contributed by atoms with Crippen molar-refractivity contribution in [2.75, 3.05) is 26.3 Å². The van der Waals surface area contributed by atoms with Gasteiger partial charge in [0, 0.05) is 36.0 Å². The number of amides is 2. The zero-order chi connectivity index (χ0) is 26.8. The zero-order valence-corrected chi connectivity index (χ0v) is 21.8. The van der Waals surface area contributed by atoms with Crippen LogP contribution < -0.4 is 10.9 Å². The van der Waals surface area contributed by atoms with Gasteiger partial charge in [-0.15, -0.1) is 0 Å². The largest absolute Gasteiger partial charge is 0.446 e. The molecule has 2 fully saturated rings. The van der Waals surface area contributed by atoms with E-state index in [0.29, 0.717) is 24.2 Å². The second-order valence-corrected chi connectivity index (χ2v) is 12.0. The highest BCUT2D eigenvalue weighted by Crippen LogP contribution is 2.43. The van der Waals surface area contributed by atoms with Gasteiger partial charge in [0.15, 0.2) is 9.84 Å². The Labute approximate surface area is 220 Å². The molecule has 1 aromatic carbocycles. The van der Waals surface area contributed by atoms with Gasteiger partial charge in [-0.05, 0) is 49.4 Å². The predicted octanol–water partition coefficient (Wildman–Crippen LogP) is 2.55. The van der Waals surface area contributed by atoms with Gasteiger partial charge < -0.3 is 24.7 Å². The SMILES string of the molecule is O=C(NC/C=C/S(=O)(=O)c1ccccc1)c1cc2c([nH]c1=O)CCN(C(=O)OC1CCC3(CC1)COC3)C2. The molecule has 1 saturated heterocycles. The van der Waals surface area contributed by atoms with Gasteiger partial charge in [-0.3, -0.25) is 9.59 Å². The molecule has 10 nitrogen and oxygen atoms in total. The minimum absolute atomic E-state index is 0.0747. The van der Waals surface area contributed by atoms with Crippen molar-refractivity contribution >= 4 is 21.8 Å². The molecule has 0 atom stereocenters. The standard InChI is InChI=1S/C27H31N3O7S/c31-24(28-12-4-14-38(34,35)21-5-2-1-3-6-21)22-15-19-16-30(13-9-23(19)29-25(22)32)26(33)37-20-7-10-27(11-8-20)17-36-18-27/h1-6,14-15,20H,7-13,16-18H2,(H,28,31)(H,29,32)/b14-4+. The van der Waals surface area contributed by atoms with Gasteiger partial charge in [0.1, 0.15) is 11.7 Å². The number of sulfone groups is 1. The highest BCUT2D eigenvalue weighted by atomic mass is 32.2. The van der Waals surface area contributed by atoms with Crippen LogP contribution in [-0.4, -0.2) is 62.7 Å². The highest BCUT2D eigenvalue weighted by molar-refractivity contribution is 7.94. The Kier molecular flexibility index (Phi) is 7.40. The molecule has 2 aliphatic heterocycles. The Morgan fingerprint density at radius 2 is 1.92 bits per heavy atom. The molecule has 11 heteroatoms. The summed E-state index contributed by atoms with van der Waals surface area (Å²) >= 11 is 0. The molecular weight excluding hydrogens is 510 g/mol. The number of benzene rings is 1. The molecule has 5 rings (SSSR count). The van der Waals surface area contributed by atoms with Crippen LogP contribution in [0.2, 0.25) is 0 Å². The number of H-pyrrole nitrogens is 1. The van der Waals surface area contributed by atoms with Crippen LogP contribution in [-0.2, 0) is 32.3 Å². The maximum Gasteiger partial charge on any atom is 0.410 e. The van der Waals surface area contributed by atoms with Gasteiger partial charge >= 0.3 is 6.09 Å². The molecular formula is C27H31N3O7S. The average molecular weight is 542 g/mol. The van der Waals surface area contributed by atoms with Crippen molar-refractivity contribution in [1.82, 2.24) is 15.2 Å². The minimum Gasteiger partial charge on any atom is -0.446 e. The van der Waals surface area contributed by atoms with E-state index in [1.165, 1.54) is 24.3 Å². The molecule has 1 saturated carbocycles. The van der Waals surface area contributed by atoms with Crippen LogP contribution in [0, 0.1) is 5.41 Å². The summed E-state index contributed by atoms with van der Waals surface area (Å²) in [5, 5.41) is 3.57. The van der Waals surface area contributed by atoms with E-state index in [-0.39, 0.29) is 41.2 Å². The van der Waals surface area contributed by atoms with Crippen molar-refractivity contribution in [3.05, 3.63) is 75.1 Å². The van der Waals surface area contributed by atoms with Gasteiger partial charge in [-0.25, -0.2) is 13.2 Å². The van der Waals surface area contributed by atoms with Crippen LogP contribution in [0.15, 0.2) is 57.6 Å². The number of carbonyl (C=O) groups is 2. The first kappa shape index (κ1) is 26.2. The second-order valence-electron chi connectivity index (χ2n) is 10.2. The van der Waals surface area contributed by atoms with E-state index in [1.807, 2.05) is 0 Å². The van der Waals surface area contributed by atoms with Crippen molar-refractivity contribution in [3.8, 4) is 0 Å². The first-order chi connectivity index (χ1) is 18.2. The lowest BCUT2D eigenvalue weighted by molar-refractivity contribution is -0.143. The molecule has 0 radical (unpaired) electrons. The van der Waals surface area contributed by atoms with E-state index >= 15 is 0 Å². The summed E-state index contributed by atoms with van der Waals surface area (Å²) in [6, 6.07) is 9.44. The van der Waals surface area contributed by atoms with E-state index < -0.39 is 21.3 Å². The summed E-state index contributed by atoms with van der Waals surface area (Å²) in [4.78, 5) is 42.5. The summed E-state index contributed by atoms with van der Waals surface area (Å²) < 4.78 is 35.8. The lowest BCUT2D eigenvalue weighted by Crippen LogP contribution is -2.47. The van der Waals surface area contributed by atoms with Crippen LogP contribution in [0.4, 0.5) is 4.79 Å². The molecule has 1 aromatic heterocycles. The quantitative estimate of drug-likeness (QED) is 0.574. The normalized spacial score (nSPS) is 19.1. The molecule has 1 spiro atoms. The fraction of sp³-hybridized carbons (Fsp3) is 0.444. The molecule has 1 aliphatic carbocycles. The van der Waals surface area contributed by atoms with Crippen molar-refractivity contribution in [1.29, 1.82) is 0 Å². The smallest absolute Gasteiger partial charge is 0.410 e. The second kappa shape index (κ2) is 10.7.